The Kier molecular flexibility index (Phi) is 5.48. The number of hydrogen-bond donors (Lipinski definition) is 1. The summed E-state index contributed by atoms with van der Waals surface area (Å²) >= 11 is 0. The van der Waals surface area contributed by atoms with Crippen LogP contribution >= 0.6 is 0 Å². The van der Waals surface area contributed by atoms with Crippen LogP contribution < -0.4 is 14.9 Å². The molecule has 0 aromatic heterocycles. The highest BCUT2D eigenvalue weighted by atomic mass is 16.5. The standard InChI is InChI=1S/C17H28N2O2/c1-12-7-6-8-13(2)19(12)18-14(3)15-9-10-16(20-4)17(11-15)21-5/h9-14,18H,6-8H2,1-5H3. The summed E-state index contributed by atoms with van der Waals surface area (Å²) in [6.07, 6.45) is 3.84. The first-order chi connectivity index (χ1) is 10.1. The molecule has 21 heavy (non-hydrogen) atoms. The lowest BCUT2D eigenvalue weighted by atomic mass is 9.99. The van der Waals surface area contributed by atoms with Gasteiger partial charge in [0.1, 0.15) is 0 Å². The predicted octanol–water partition coefficient (Wildman–Crippen LogP) is 3.53. The molecule has 1 saturated heterocycles. The largest absolute Gasteiger partial charge is 0.493 e. The fourth-order valence-electron chi connectivity index (χ4n) is 3.10. The number of benzene rings is 1. The number of hydrazine groups is 1. The number of rotatable bonds is 5. The number of nitrogens with zero attached hydrogens (tertiary/aromatic N) is 1. The maximum atomic E-state index is 5.39. The fraction of sp³-hybridized carbons (Fsp3) is 0.647. The zero-order valence-corrected chi connectivity index (χ0v) is 13.8. The highest BCUT2D eigenvalue weighted by Crippen LogP contribution is 2.30. The van der Waals surface area contributed by atoms with Crippen molar-refractivity contribution in [1.29, 1.82) is 0 Å². The van der Waals surface area contributed by atoms with Gasteiger partial charge in [-0.05, 0) is 51.3 Å². The molecule has 1 aliphatic rings. The summed E-state index contributed by atoms with van der Waals surface area (Å²) in [4.78, 5) is 0. The second-order valence-corrected chi connectivity index (χ2v) is 6.00. The van der Waals surface area contributed by atoms with Crippen molar-refractivity contribution in [3.8, 4) is 11.5 Å². The average Bonchev–Trinajstić information content (AvgIpc) is 2.50. The van der Waals surface area contributed by atoms with Gasteiger partial charge in [0, 0.05) is 18.1 Å². The molecule has 1 fully saturated rings. The topological polar surface area (TPSA) is 33.7 Å². The van der Waals surface area contributed by atoms with Crippen LogP contribution in [0.4, 0.5) is 0 Å². The maximum absolute atomic E-state index is 5.39. The summed E-state index contributed by atoms with van der Waals surface area (Å²) in [5.41, 5.74) is 4.87. The zero-order chi connectivity index (χ0) is 15.4. The van der Waals surface area contributed by atoms with Crippen LogP contribution in [0.3, 0.4) is 0 Å². The minimum absolute atomic E-state index is 0.243. The van der Waals surface area contributed by atoms with Gasteiger partial charge in [0.25, 0.3) is 0 Å². The molecule has 4 heteroatoms. The maximum Gasteiger partial charge on any atom is 0.161 e. The van der Waals surface area contributed by atoms with Crippen LogP contribution in [-0.4, -0.2) is 31.3 Å². The molecule has 4 nitrogen and oxygen atoms in total. The van der Waals surface area contributed by atoms with Gasteiger partial charge < -0.3 is 9.47 Å². The highest BCUT2D eigenvalue weighted by Gasteiger charge is 2.26. The summed E-state index contributed by atoms with van der Waals surface area (Å²) in [6, 6.07) is 7.52. The smallest absolute Gasteiger partial charge is 0.161 e. The van der Waals surface area contributed by atoms with Gasteiger partial charge in [-0.3, -0.25) is 0 Å². The summed E-state index contributed by atoms with van der Waals surface area (Å²) in [5, 5.41) is 2.41. The average molecular weight is 292 g/mol. The molecule has 1 aliphatic heterocycles. The Labute approximate surface area is 128 Å². The number of hydrogen-bond acceptors (Lipinski definition) is 4. The van der Waals surface area contributed by atoms with Crippen LogP contribution in [0.15, 0.2) is 18.2 Å². The lowest BCUT2D eigenvalue weighted by Crippen LogP contribution is -2.52. The Bertz CT molecular complexity index is 454. The normalized spacial score (nSPS) is 24.6. The Morgan fingerprint density at radius 3 is 2.29 bits per heavy atom. The molecule has 1 heterocycles. The van der Waals surface area contributed by atoms with Gasteiger partial charge in [-0.2, -0.15) is 0 Å². The third-order valence-electron chi connectivity index (χ3n) is 4.44. The molecule has 0 bridgehead atoms. The van der Waals surface area contributed by atoms with E-state index in [-0.39, 0.29) is 6.04 Å². The van der Waals surface area contributed by atoms with E-state index in [1.807, 2.05) is 6.07 Å². The first kappa shape index (κ1) is 16.1. The third kappa shape index (κ3) is 3.69. The van der Waals surface area contributed by atoms with E-state index in [4.69, 9.17) is 9.47 Å². The van der Waals surface area contributed by atoms with E-state index in [9.17, 15) is 0 Å². The molecule has 0 aliphatic carbocycles. The Balaban J connectivity index is 2.10. The highest BCUT2D eigenvalue weighted by molar-refractivity contribution is 5.43. The van der Waals surface area contributed by atoms with Crippen molar-refractivity contribution in [3.63, 3.8) is 0 Å². The molecule has 3 unspecified atom stereocenters. The first-order valence-electron chi connectivity index (χ1n) is 7.83. The quantitative estimate of drug-likeness (QED) is 0.900. The zero-order valence-electron chi connectivity index (χ0n) is 13.8. The van der Waals surface area contributed by atoms with Crippen LogP contribution in [0.25, 0.3) is 0 Å². The molecular weight excluding hydrogens is 264 g/mol. The summed E-state index contributed by atoms with van der Waals surface area (Å²) in [6.45, 7) is 6.78. The van der Waals surface area contributed by atoms with Crippen LogP contribution in [-0.2, 0) is 0 Å². The molecule has 0 spiro atoms. The molecule has 2 rings (SSSR count). The van der Waals surface area contributed by atoms with E-state index in [0.717, 1.165) is 11.5 Å². The van der Waals surface area contributed by atoms with Crippen molar-refractivity contribution in [1.82, 2.24) is 10.4 Å². The second-order valence-electron chi connectivity index (χ2n) is 6.00. The molecule has 118 valence electrons. The minimum Gasteiger partial charge on any atom is -0.493 e. The van der Waals surface area contributed by atoms with Gasteiger partial charge in [0.15, 0.2) is 11.5 Å². The van der Waals surface area contributed by atoms with Crippen molar-refractivity contribution >= 4 is 0 Å². The molecule has 0 radical (unpaired) electrons. The minimum atomic E-state index is 0.243. The molecular formula is C17H28N2O2. The van der Waals surface area contributed by atoms with Crippen LogP contribution in [0.2, 0.25) is 0 Å². The van der Waals surface area contributed by atoms with E-state index in [1.165, 1.54) is 24.8 Å². The van der Waals surface area contributed by atoms with Crippen molar-refractivity contribution in [2.75, 3.05) is 14.2 Å². The molecule has 1 aromatic rings. The summed E-state index contributed by atoms with van der Waals surface area (Å²) < 4.78 is 10.7. The predicted molar refractivity (Wildman–Crippen MR) is 85.7 cm³/mol. The van der Waals surface area contributed by atoms with E-state index < -0.39 is 0 Å². The van der Waals surface area contributed by atoms with Gasteiger partial charge >= 0.3 is 0 Å². The number of methoxy groups -OCH3 is 2. The molecule has 1 N–H and O–H groups in total. The first-order valence-corrected chi connectivity index (χ1v) is 7.83. The van der Waals surface area contributed by atoms with Crippen molar-refractivity contribution in [2.24, 2.45) is 0 Å². The SMILES string of the molecule is COc1ccc(C(C)NN2C(C)CCCC2C)cc1OC. The fourth-order valence-corrected chi connectivity index (χ4v) is 3.10. The molecule has 1 aromatic carbocycles. The van der Waals surface area contributed by atoms with Gasteiger partial charge in [0.2, 0.25) is 0 Å². The molecule has 0 amide bonds. The van der Waals surface area contributed by atoms with E-state index in [1.54, 1.807) is 14.2 Å². The Morgan fingerprint density at radius 2 is 1.71 bits per heavy atom. The van der Waals surface area contributed by atoms with Crippen molar-refractivity contribution < 1.29 is 9.47 Å². The van der Waals surface area contributed by atoms with Crippen molar-refractivity contribution in [2.45, 2.75) is 58.2 Å². The summed E-state index contributed by atoms with van der Waals surface area (Å²) in [7, 11) is 3.34. The van der Waals surface area contributed by atoms with Crippen LogP contribution in [0.5, 0.6) is 11.5 Å². The van der Waals surface area contributed by atoms with Gasteiger partial charge in [-0.1, -0.05) is 12.5 Å². The van der Waals surface area contributed by atoms with E-state index in [0.29, 0.717) is 12.1 Å². The van der Waals surface area contributed by atoms with Gasteiger partial charge in [-0.15, -0.1) is 0 Å². The van der Waals surface area contributed by atoms with Gasteiger partial charge in [0.05, 0.1) is 14.2 Å². The Morgan fingerprint density at radius 1 is 1.10 bits per heavy atom. The third-order valence-corrected chi connectivity index (χ3v) is 4.44. The number of nitrogens with one attached hydrogen (secondary N) is 1. The van der Waals surface area contributed by atoms with Crippen LogP contribution in [0, 0.1) is 0 Å². The van der Waals surface area contributed by atoms with Crippen LogP contribution in [0.1, 0.15) is 51.6 Å². The van der Waals surface area contributed by atoms with E-state index >= 15 is 0 Å². The monoisotopic (exact) mass is 292 g/mol. The molecule has 0 saturated carbocycles. The van der Waals surface area contributed by atoms with E-state index in [2.05, 4.69) is 43.3 Å². The van der Waals surface area contributed by atoms with Crippen molar-refractivity contribution in [3.05, 3.63) is 23.8 Å². The van der Waals surface area contributed by atoms with Gasteiger partial charge in [-0.25, -0.2) is 10.4 Å². The number of ether oxygens (including phenoxy) is 2. The lowest BCUT2D eigenvalue weighted by Gasteiger charge is -2.41. The lowest BCUT2D eigenvalue weighted by molar-refractivity contribution is 0.0320. The number of piperidine rings is 1. The Hall–Kier alpha value is -1.26. The summed E-state index contributed by atoms with van der Waals surface area (Å²) in [5.74, 6) is 1.55. The second kappa shape index (κ2) is 7.14. The molecule has 3 atom stereocenters.